The van der Waals surface area contributed by atoms with E-state index in [1.54, 1.807) is 18.1 Å². The Hall–Kier alpha value is -2.38. The Kier molecular flexibility index (Phi) is 5.35. The van der Waals surface area contributed by atoms with Gasteiger partial charge in [0.25, 0.3) is 5.91 Å². The molecule has 0 atom stereocenters. The molecular weight excluding hydrogens is 354 g/mol. The summed E-state index contributed by atoms with van der Waals surface area (Å²) >= 11 is 2.79. The van der Waals surface area contributed by atoms with E-state index in [2.05, 4.69) is 16.6 Å². The van der Waals surface area contributed by atoms with E-state index in [1.807, 2.05) is 42.6 Å². The number of amidine groups is 1. The van der Waals surface area contributed by atoms with Gasteiger partial charge in [0.15, 0.2) is 5.17 Å². The van der Waals surface area contributed by atoms with Gasteiger partial charge in [-0.2, -0.15) is 4.99 Å². The van der Waals surface area contributed by atoms with Gasteiger partial charge in [0.05, 0.1) is 17.7 Å². The molecule has 3 rings (SSSR count). The summed E-state index contributed by atoms with van der Waals surface area (Å²) in [6.45, 7) is 6.05. The van der Waals surface area contributed by atoms with Crippen LogP contribution in [0.5, 0.6) is 5.75 Å². The van der Waals surface area contributed by atoms with Gasteiger partial charge in [0.2, 0.25) is 5.13 Å². The van der Waals surface area contributed by atoms with Gasteiger partial charge in [-0.05, 0) is 30.8 Å². The average Bonchev–Trinajstić information content (AvgIpc) is 3.14. The minimum atomic E-state index is -0.0946. The molecule has 0 N–H and O–H groups in total. The van der Waals surface area contributed by atoms with Crippen LogP contribution >= 0.6 is 23.1 Å². The average molecular weight is 371 g/mol. The number of amides is 1. The molecule has 1 saturated heterocycles. The second-order valence-corrected chi connectivity index (χ2v) is 7.07. The van der Waals surface area contributed by atoms with Crippen LogP contribution in [0, 0.1) is 6.92 Å². The van der Waals surface area contributed by atoms with Crippen LogP contribution in [0.15, 0.2) is 52.2 Å². The number of thioether (sulfide) groups is 1. The molecule has 1 aliphatic rings. The molecule has 2 aromatic rings. The summed E-state index contributed by atoms with van der Waals surface area (Å²) in [6, 6.07) is 7.59. The van der Waals surface area contributed by atoms with Crippen LogP contribution < -0.4 is 4.74 Å². The lowest BCUT2D eigenvalue weighted by Gasteiger charge is -2.11. The second kappa shape index (κ2) is 7.67. The van der Waals surface area contributed by atoms with Crippen LogP contribution in [-0.2, 0) is 4.79 Å². The van der Waals surface area contributed by atoms with Crippen molar-refractivity contribution in [2.75, 3.05) is 13.7 Å². The Bertz CT molecular complexity index is 871. The molecule has 128 valence electrons. The summed E-state index contributed by atoms with van der Waals surface area (Å²) in [5.41, 5.74) is 1.77. The first-order valence-corrected chi connectivity index (χ1v) is 9.28. The number of nitrogens with zero attached hydrogens (tertiary/aromatic N) is 3. The van der Waals surface area contributed by atoms with Gasteiger partial charge in [-0.1, -0.05) is 24.3 Å². The first-order chi connectivity index (χ1) is 12.1. The maximum Gasteiger partial charge on any atom is 0.267 e. The zero-order valence-electron chi connectivity index (χ0n) is 13.9. The van der Waals surface area contributed by atoms with Crippen LogP contribution in [0.25, 0.3) is 6.08 Å². The minimum Gasteiger partial charge on any atom is -0.496 e. The lowest BCUT2D eigenvalue weighted by molar-refractivity contribution is -0.121. The van der Waals surface area contributed by atoms with Crippen molar-refractivity contribution in [3.05, 3.63) is 58.5 Å². The predicted octanol–water partition coefficient (Wildman–Crippen LogP) is 4.25. The van der Waals surface area contributed by atoms with E-state index in [4.69, 9.17) is 4.74 Å². The first kappa shape index (κ1) is 17.4. The van der Waals surface area contributed by atoms with Crippen molar-refractivity contribution in [3.8, 4) is 5.75 Å². The molecule has 7 heteroatoms. The summed E-state index contributed by atoms with van der Waals surface area (Å²) in [5, 5.41) is 3.19. The van der Waals surface area contributed by atoms with E-state index in [0.717, 1.165) is 17.0 Å². The van der Waals surface area contributed by atoms with Gasteiger partial charge in [0, 0.05) is 17.5 Å². The Balaban J connectivity index is 1.97. The highest BCUT2D eigenvalue weighted by atomic mass is 32.2. The first-order valence-electron chi connectivity index (χ1n) is 7.58. The van der Waals surface area contributed by atoms with Gasteiger partial charge in [-0.3, -0.25) is 9.69 Å². The summed E-state index contributed by atoms with van der Waals surface area (Å²) in [7, 11) is 1.61. The molecule has 0 aliphatic carbocycles. The van der Waals surface area contributed by atoms with Gasteiger partial charge in [0.1, 0.15) is 5.75 Å². The SMILES string of the molecule is C=CCN1C(=O)/C(=C/c2ccccc2OC)S/C1=N/c1nc(C)cs1. The number of thiazole rings is 1. The number of hydrogen-bond acceptors (Lipinski definition) is 6. The number of methoxy groups -OCH3 is 1. The van der Waals surface area contributed by atoms with Gasteiger partial charge in [-0.15, -0.1) is 17.9 Å². The maximum absolute atomic E-state index is 12.8. The molecule has 1 amide bonds. The van der Waals surface area contributed by atoms with E-state index < -0.39 is 0 Å². The quantitative estimate of drug-likeness (QED) is 0.582. The lowest BCUT2D eigenvalue weighted by Crippen LogP contribution is -2.29. The molecule has 1 aromatic heterocycles. The lowest BCUT2D eigenvalue weighted by atomic mass is 10.2. The Morgan fingerprint density at radius 1 is 1.40 bits per heavy atom. The van der Waals surface area contributed by atoms with Crippen molar-refractivity contribution in [1.29, 1.82) is 0 Å². The molecular formula is C18H17N3O2S2. The van der Waals surface area contributed by atoms with Crippen LogP contribution in [0.3, 0.4) is 0 Å². The van der Waals surface area contributed by atoms with Crippen LogP contribution in [0.1, 0.15) is 11.3 Å². The summed E-state index contributed by atoms with van der Waals surface area (Å²) in [5.74, 6) is 0.627. The number of aryl methyl sites for hydroxylation is 1. The molecule has 1 aromatic carbocycles. The van der Waals surface area contributed by atoms with Crippen molar-refractivity contribution >= 4 is 45.4 Å². The van der Waals surface area contributed by atoms with Crippen molar-refractivity contribution in [2.24, 2.45) is 4.99 Å². The molecule has 5 nitrogen and oxygen atoms in total. The molecule has 25 heavy (non-hydrogen) atoms. The predicted molar refractivity (Wildman–Crippen MR) is 104 cm³/mol. The zero-order chi connectivity index (χ0) is 17.8. The fraction of sp³-hybridized carbons (Fsp3) is 0.167. The van der Waals surface area contributed by atoms with Crippen molar-refractivity contribution in [3.63, 3.8) is 0 Å². The monoisotopic (exact) mass is 371 g/mol. The van der Waals surface area contributed by atoms with Crippen LogP contribution in [0.2, 0.25) is 0 Å². The zero-order valence-corrected chi connectivity index (χ0v) is 15.6. The highest BCUT2D eigenvalue weighted by Gasteiger charge is 2.33. The third-order valence-corrected chi connectivity index (χ3v) is 5.28. The topological polar surface area (TPSA) is 54.8 Å². The largest absolute Gasteiger partial charge is 0.496 e. The maximum atomic E-state index is 12.8. The number of hydrogen-bond donors (Lipinski definition) is 0. The number of ether oxygens (including phenoxy) is 1. The van der Waals surface area contributed by atoms with Crippen molar-refractivity contribution in [2.45, 2.75) is 6.92 Å². The summed E-state index contributed by atoms with van der Waals surface area (Å²) in [4.78, 5) is 23.8. The molecule has 1 fully saturated rings. The molecule has 0 saturated carbocycles. The fourth-order valence-corrected chi connectivity index (χ4v) is 3.99. The number of aliphatic imine (C=N–C) groups is 1. The molecule has 1 aliphatic heterocycles. The van der Waals surface area contributed by atoms with E-state index >= 15 is 0 Å². The van der Waals surface area contributed by atoms with Gasteiger partial charge < -0.3 is 4.74 Å². The number of aromatic nitrogens is 1. The van der Waals surface area contributed by atoms with Crippen LogP contribution in [-0.4, -0.2) is 34.6 Å². The Labute approximate surface area is 154 Å². The molecule has 0 unspecified atom stereocenters. The van der Waals surface area contributed by atoms with Crippen molar-refractivity contribution < 1.29 is 9.53 Å². The Morgan fingerprint density at radius 2 is 2.20 bits per heavy atom. The van der Waals surface area contributed by atoms with Gasteiger partial charge >= 0.3 is 0 Å². The smallest absolute Gasteiger partial charge is 0.267 e. The molecule has 2 heterocycles. The Morgan fingerprint density at radius 3 is 2.88 bits per heavy atom. The normalized spacial score (nSPS) is 17.5. The number of para-hydroxylation sites is 1. The molecule has 0 radical (unpaired) electrons. The minimum absolute atomic E-state index is 0.0946. The summed E-state index contributed by atoms with van der Waals surface area (Å²) < 4.78 is 5.36. The van der Waals surface area contributed by atoms with E-state index in [9.17, 15) is 4.79 Å². The highest BCUT2D eigenvalue weighted by molar-refractivity contribution is 8.18. The number of benzene rings is 1. The second-order valence-electron chi connectivity index (χ2n) is 5.22. The highest BCUT2D eigenvalue weighted by Crippen LogP contribution is 2.35. The standard InChI is InChI=1S/C18H17N3O2S2/c1-4-9-21-16(22)15(10-13-7-5-6-8-14(13)23-3)25-18(21)20-17-19-12(2)11-24-17/h4-8,10-11H,1,9H2,2-3H3/b15-10-,20-18+. The molecule has 0 spiro atoms. The van der Waals surface area contributed by atoms with Crippen LogP contribution in [0.4, 0.5) is 5.13 Å². The van der Waals surface area contributed by atoms with E-state index in [1.165, 1.54) is 23.1 Å². The van der Waals surface area contributed by atoms with Crippen molar-refractivity contribution in [1.82, 2.24) is 9.88 Å². The van der Waals surface area contributed by atoms with E-state index in [0.29, 0.717) is 21.7 Å². The number of rotatable bonds is 5. The third kappa shape index (κ3) is 3.83. The van der Waals surface area contributed by atoms with Gasteiger partial charge in [-0.25, -0.2) is 4.98 Å². The summed E-state index contributed by atoms with van der Waals surface area (Å²) in [6.07, 6.45) is 3.52. The number of carbonyl (C=O) groups is 1. The fourth-order valence-electron chi connectivity index (χ4n) is 2.28. The van der Waals surface area contributed by atoms with E-state index in [-0.39, 0.29) is 5.91 Å². The third-order valence-electron chi connectivity index (χ3n) is 3.42. The number of carbonyl (C=O) groups excluding carboxylic acids is 1. The molecule has 0 bridgehead atoms.